The number of nitrogens with zero attached hydrogens (tertiary/aromatic N) is 1. The van der Waals surface area contributed by atoms with Gasteiger partial charge in [0.1, 0.15) is 24.2 Å². The minimum absolute atomic E-state index is 0.0477. The Morgan fingerprint density at radius 2 is 2.10 bits per heavy atom. The highest BCUT2D eigenvalue weighted by molar-refractivity contribution is 5.48. The van der Waals surface area contributed by atoms with Crippen LogP contribution in [0.5, 0.6) is 5.75 Å². The minimum Gasteiger partial charge on any atom is -0.492 e. The third kappa shape index (κ3) is 3.72. The van der Waals surface area contributed by atoms with Gasteiger partial charge in [0.25, 0.3) is 0 Å². The van der Waals surface area contributed by atoms with Crippen molar-refractivity contribution in [2.75, 3.05) is 18.5 Å². The zero-order chi connectivity index (χ0) is 14.4. The van der Waals surface area contributed by atoms with Gasteiger partial charge >= 0.3 is 0 Å². The van der Waals surface area contributed by atoms with Crippen molar-refractivity contribution in [1.82, 2.24) is 0 Å². The summed E-state index contributed by atoms with van der Waals surface area (Å²) in [6.07, 6.45) is 0. The second-order valence-corrected chi connectivity index (χ2v) is 4.40. The van der Waals surface area contributed by atoms with Crippen molar-refractivity contribution in [2.45, 2.75) is 6.92 Å². The molecule has 4 heteroatoms. The maximum Gasteiger partial charge on any atom is 0.143 e. The Hall–Kier alpha value is -2.54. The monoisotopic (exact) mass is 270 g/mol. The molecule has 0 heterocycles. The molecule has 0 aromatic heterocycles. The van der Waals surface area contributed by atoms with Crippen LogP contribution in [0.25, 0.3) is 0 Å². The van der Waals surface area contributed by atoms with Crippen molar-refractivity contribution in [3.8, 4) is 11.8 Å². The molecule has 0 aliphatic heterocycles. The molecular weight excluding hydrogens is 255 g/mol. The first-order valence-electron chi connectivity index (χ1n) is 6.32. The molecule has 0 bridgehead atoms. The average molecular weight is 270 g/mol. The summed E-state index contributed by atoms with van der Waals surface area (Å²) in [5.41, 5.74) is 1.82. The topological polar surface area (TPSA) is 45.0 Å². The molecule has 2 rings (SSSR count). The van der Waals surface area contributed by atoms with E-state index in [0.717, 1.165) is 11.3 Å². The van der Waals surface area contributed by atoms with Crippen LogP contribution in [0.3, 0.4) is 0 Å². The smallest absolute Gasteiger partial charge is 0.143 e. The first kappa shape index (κ1) is 13.9. The fourth-order valence-corrected chi connectivity index (χ4v) is 1.79. The number of nitrogens with one attached hydrogen (secondary N) is 1. The second-order valence-electron chi connectivity index (χ2n) is 4.40. The number of benzene rings is 2. The van der Waals surface area contributed by atoms with E-state index in [9.17, 15) is 4.39 Å². The Balaban J connectivity index is 1.82. The molecular formula is C16H15FN2O. The summed E-state index contributed by atoms with van der Waals surface area (Å²) in [6.45, 7) is 3.04. The Kier molecular flexibility index (Phi) is 4.56. The standard InChI is InChI=1S/C16H15FN2O/c1-12-3-2-4-15(9-12)20-8-7-19-14-6-5-13(11-18)16(17)10-14/h2-6,9-10,19H,7-8H2,1H3. The summed E-state index contributed by atoms with van der Waals surface area (Å²) < 4.78 is 19.0. The summed E-state index contributed by atoms with van der Waals surface area (Å²) in [5, 5.41) is 11.7. The van der Waals surface area contributed by atoms with Crippen LogP contribution in [0.4, 0.5) is 10.1 Å². The molecule has 0 aliphatic carbocycles. The number of aryl methyl sites for hydroxylation is 1. The number of ether oxygens (including phenoxy) is 1. The number of anilines is 1. The molecule has 2 aromatic carbocycles. The van der Waals surface area contributed by atoms with Crippen LogP contribution in [0.1, 0.15) is 11.1 Å². The quantitative estimate of drug-likeness (QED) is 0.846. The Morgan fingerprint density at radius 1 is 1.25 bits per heavy atom. The predicted molar refractivity (Wildman–Crippen MR) is 76.3 cm³/mol. The van der Waals surface area contributed by atoms with Gasteiger partial charge < -0.3 is 10.1 Å². The van der Waals surface area contributed by atoms with Crippen LogP contribution in [0, 0.1) is 24.1 Å². The molecule has 0 saturated carbocycles. The summed E-state index contributed by atoms with van der Waals surface area (Å²) in [7, 11) is 0. The molecule has 0 amide bonds. The van der Waals surface area contributed by atoms with E-state index in [0.29, 0.717) is 18.8 Å². The number of rotatable bonds is 5. The molecule has 0 spiro atoms. The summed E-state index contributed by atoms with van der Waals surface area (Å²) in [6, 6.07) is 14.0. The van der Waals surface area contributed by atoms with Gasteiger partial charge in [-0.15, -0.1) is 0 Å². The number of halogens is 1. The van der Waals surface area contributed by atoms with Crippen LogP contribution in [0.15, 0.2) is 42.5 Å². The zero-order valence-electron chi connectivity index (χ0n) is 11.2. The van der Waals surface area contributed by atoms with Crippen molar-refractivity contribution >= 4 is 5.69 Å². The van der Waals surface area contributed by atoms with Crippen LogP contribution >= 0.6 is 0 Å². The number of hydrogen-bond acceptors (Lipinski definition) is 3. The lowest BCUT2D eigenvalue weighted by Crippen LogP contribution is -2.11. The van der Waals surface area contributed by atoms with Gasteiger partial charge in [-0.25, -0.2) is 4.39 Å². The predicted octanol–water partition coefficient (Wildman–Crippen LogP) is 3.50. The molecule has 3 nitrogen and oxygen atoms in total. The van der Waals surface area contributed by atoms with Gasteiger partial charge in [0.15, 0.2) is 0 Å². The van der Waals surface area contributed by atoms with Gasteiger partial charge in [-0.2, -0.15) is 5.26 Å². The molecule has 0 fully saturated rings. The van der Waals surface area contributed by atoms with E-state index in [-0.39, 0.29) is 5.56 Å². The minimum atomic E-state index is -0.517. The van der Waals surface area contributed by atoms with E-state index in [1.54, 1.807) is 12.1 Å². The van der Waals surface area contributed by atoms with E-state index in [1.165, 1.54) is 12.1 Å². The van der Waals surface area contributed by atoms with Gasteiger partial charge in [0, 0.05) is 12.2 Å². The Labute approximate surface area is 117 Å². The average Bonchev–Trinajstić information content (AvgIpc) is 2.44. The van der Waals surface area contributed by atoms with Gasteiger partial charge in [-0.3, -0.25) is 0 Å². The molecule has 0 atom stereocenters. The maximum atomic E-state index is 13.4. The third-order valence-corrected chi connectivity index (χ3v) is 2.78. The number of hydrogen-bond donors (Lipinski definition) is 1. The van der Waals surface area contributed by atoms with Crippen molar-refractivity contribution in [1.29, 1.82) is 5.26 Å². The highest BCUT2D eigenvalue weighted by Gasteiger charge is 2.02. The maximum absolute atomic E-state index is 13.4. The fraction of sp³-hybridized carbons (Fsp3) is 0.188. The van der Waals surface area contributed by atoms with Crippen molar-refractivity contribution in [3.63, 3.8) is 0 Å². The molecule has 102 valence electrons. The number of nitriles is 1. The lowest BCUT2D eigenvalue weighted by molar-refractivity contribution is 0.332. The van der Waals surface area contributed by atoms with Crippen molar-refractivity contribution in [3.05, 3.63) is 59.4 Å². The lowest BCUT2D eigenvalue weighted by atomic mass is 10.2. The molecule has 0 radical (unpaired) electrons. The van der Waals surface area contributed by atoms with Crippen molar-refractivity contribution < 1.29 is 9.13 Å². The normalized spacial score (nSPS) is 9.85. The molecule has 0 aliphatic rings. The fourth-order valence-electron chi connectivity index (χ4n) is 1.79. The molecule has 0 unspecified atom stereocenters. The van der Waals surface area contributed by atoms with E-state index in [2.05, 4.69) is 5.32 Å². The molecule has 2 aromatic rings. The SMILES string of the molecule is Cc1cccc(OCCNc2ccc(C#N)c(F)c2)c1. The first-order chi connectivity index (χ1) is 9.69. The molecule has 1 N–H and O–H groups in total. The zero-order valence-corrected chi connectivity index (χ0v) is 11.2. The largest absolute Gasteiger partial charge is 0.492 e. The van der Waals surface area contributed by atoms with Crippen LogP contribution in [0.2, 0.25) is 0 Å². The van der Waals surface area contributed by atoms with Gasteiger partial charge in [0.05, 0.1) is 5.56 Å². The van der Waals surface area contributed by atoms with E-state index >= 15 is 0 Å². The Morgan fingerprint density at radius 3 is 2.80 bits per heavy atom. The second kappa shape index (κ2) is 6.58. The van der Waals surface area contributed by atoms with Crippen LogP contribution in [-0.4, -0.2) is 13.2 Å². The third-order valence-electron chi connectivity index (χ3n) is 2.78. The van der Waals surface area contributed by atoms with E-state index < -0.39 is 5.82 Å². The molecule has 20 heavy (non-hydrogen) atoms. The van der Waals surface area contributed by atoms with Gasteiger partial charge in [0.2, 0.25) is 0 Å². The molecule has 0 saturated heterocycles. The first-order valence-corrected chi connectivity index (χ1v) is 6.32. The van der Waals surface area contributed by atoms with E-state index in [4.69, 9.17) is 10.00 Å². The highest BCUT2D eigenvalue weighted by atomic mass is 19.1. The lowest BCUT2D eigenvalue weighted by Gasteiger charge is -2.09. The van der Waals surface area contributed by atoms with Crippen molar-refractivity contribution in [2.24, 2.45) is 0 Å². The Bertz CT molecular complexity index is 635. The summed E-state index contributed by atoms with van der Waals surface area (Å²) in [4.78, 5) is 0. The highest BCUT2D eigenvalue weighted by Crippen LogP contribution is 2.14. The van der Waals surface area contributed by atoms with Gasteiger partial charge in [-0.05, 0) is 42.8 Å². The van der Waals surface area contributed by atoms with Crippen LogP contribution in [-0.2, 0) is 0 Å². The van der Waals surface area contributed by atoms with Gasteiger partial charge in [-0.1, -0.05) is 12.1 Å². The van der Waals surface area contributed by atoms with E-state index in [1.807, 2.05) is 31.2 Å². The summed E-state index contributed by atoms with van der Waals surface area (Å²) in [5.74, 6) is 0.301. The summed E-state index contributed by atoms with van der Waals surface area (Å²) >= 11 is 0. The van der Waals surface area contributed by atoms with Crippen LogP contribution < -0.4 is 10.1 Å².